The summed E-state index contributed by atoms with van der Waals surface area (Å²) >= 11 is 0. The number of hydrogen-bond acceptors (Lipinski definition) is 2. The van der Waals surface area contributed by atoms with Crippen LogP contribution in [0.4, 0.5) is 0 Å². The van der Waals surface area contributed by atoms with Crippen molar-refractivity contribution in [2.24, 2.45) is 10.8 Å². The van der Waals surface area contributed by atoms with Crippen molar-refractivity contribution in [1.29, 1.82) is 0 Å². The molecule has 2 nitrogen and oxygen atoms in total. The summed E-state index contributed by atoms with van der Waals surface area (Å²) < 4.78 is 0. The highest BCUT2D eigenvalue weighted by Gasteiger charge is 2.36. The second-order valence-electron chi connectivity index (χ2n) is 8.69. The monoisotopic (exact) mass is 304 g/mol. The molecule has 1 aliphatic rings. The van der Waals surface area contributed by atoms with Crippen molar-refractivity contribution in [3.8, 4) is 11.5 Å². The number of aryl methyl sites for hydroxylation is 2. The van der Waals surface area contributed by atoms with Crippen molar-refractivity contribution >= 4 is 0 Å². The number of phenolic OH excluding ortho intramolecular Hbond substituents is 2. The summed E-state index contributed by atoms with van der Waals surface area (Å²) in [5, 5.41) is 19.6. The predicted octanol–water partition coefficient (Wildman–Crippen LogP) is 5.59. The normalized spacial score (nSPS) is 16.7. The number of phenols is 2. The minimum Gasteiger partial charge on any atom is -0.504 e. The van der Waals surface area contributed by atoms with Gasteiger partial charge in [-0.05, 0) is 85.5 Å². The van der Waals surface area contributed by atoms with Gasteiger partial charge in [-0.15, -0.1) is 0 Å². The maximum absolute atomic E-state index is 9.80. The van der Waals surface area contributed by atoms with Gasteiger partial charge in [-0.3, -0.25) is 0 Å². The lowest BCUT2D eigenvalue weighted by Crippen LogP contribution is -2.06. The molecule has 0 heterocycles. The molecule has 0 radical (unpaired) electrons. The Morgan fingerprint density at radius 2 is 1.45 bits per heavy atom. The Bertz CT molecular complexity index is 471. The highest BCUT2D eigenvalue weighted by molar-refractivity contribution is 5.45. The van der Waals surface area contributed by atoms with E-state index in [0.29, 0.717) is 10.8 Å². The summed E-state index contributed by atoms with van der Waals surface area (Å²) in [4.78, 5) is 0. The molecule has 0 atom stereocenters. The van der Waals surface area contributed by atoms with E-state index >= 15 is 0 Å². The van der Waals surface area contributed by atoms with Crippen LogP contribution in [0.1, 0.15) is 77.3 Å². The van der Waals surface area contributed by atoms with Gasteiger partial charge >= 0.3 is 0 Å². The molecule has 0 bridgehead atoms. The molecule has 1 saturated carbocycles. The fourth-order valence-corrected chi connectivity index (χ4v) is 3.11. The van der Waals surface area contributed by atoms with Crippen molar-refractivity contribution in [2.75, 3.05) is 0 Å². The van der Waals surface area contributed by atoms with E-state index in [1.54, 1.807) is 12.1 Å². The minimum absolute atomic E-state index is 0.0173. The van der Waals surface area contributed by atoms with Gasteiger partial charge in [-0.2, -0.15) is 0 Å². The first-order valence-electron chi connectivity index (χ1n) is 8.72. The van der Waals surface area contributed by atoms with Gasteiger partial charge in [0.2, 0.25) is 0 Å². The molecular weight excluding hydrogens is 272 g/mol. The summed E-state index contributed by atoms with van der Waals surface area (Å²) in [6.45, 7) is 9.15. The van der Waals surface area contributed by atoms with E-state index in [4.69, 9.17) is 0 Å². The summed E-state index contributed by atoms with van der Waals surface area (Å²) in [5.74, 6) is 0.0378. The third-order valence-electron chi connectivity index (χ3n) is 5.00. The maximum atomic E-state index is 9.80. The van der Waals surface area contributed by atoms with Crippen molar-refractivity contribution < 1.29 is 10.2 Å². The molecule has 1 aromatic rings. The van der Waals surface area contributed by atoms with Crippen LogP contribution in [0.25, 0.3) is 0 Å². The van der Waals surface area contributed by atoms with Crippen LogP contribution in [0.15, 0.2) is 12.1 Å². The van der Waals surface area contributed by atoms with E-state index in [2.05, 4.69) is 27.7 Å². The fourth-order valence-electron chi connectivity index (χ4n) is 3.11. The maximum Gasteiger partial charge on any atom is 0.157 e. The molecule has 2 N–H and O–H groups in total. The second kappa shape index (κ2) is 6.52. The predicted molar refractivity (Wildman–Crippen MR) is 92.4 cm³/mol. The second-order valence-corrected chi connectivity index (χ2v) is 8.69. The van der Waals surface area contributed by atoms with Crippen LogP contribution in [0.3, 0.4) is 0 Å². The van der Waals surface area contributed by atoms with Crippen molar-refractivity contribution in [2.45, 2.75) is 79.1 Å². The Morgan fingerprint density at radius 1 is 0.955 bits per heavy atom. The lowest BCUT2D eigenvalue weighted by atomic mass is 9.87. The third-order valence-corrected chi connectivity index (χ3v) is 5.00. The van der Waals surface area contributed by atoms with E-state index in [1.165, 1.54) is 43.2 Å². The Hall–Kier alpha value is -1.18. The highest BCUT2D eigenvalue weighted by Crippen LogP contribution is 2.49. The molecular formula is C20H32O2. The molecule has 1 fully saturated rings. The molecule has 1 aliphatic carbocycles. The van der Waals surface area contributed by atoms with Crippen LogP contribution in [0.5, 0.6) is 11.5 Å². The molecule has 124 valence electrons. The molecule has 0 aliphatic heterocycles. The van der Waals surface area contributed by atoms with Crippen LogP contribution >= 0.6 is 0 Å². The fraction of sp³-hybridized carbons (Fsp3) is 0.700. The van der Waals surface area contributed by atoms with Gasteiger partial charge in [0.05, 0.1) is 0 Å². The molecule has 22 heavy (non-hydrogen) atoms. The van der Waals surface area contributed by atoms with Crippen LogP contribution in [-0.2, 0) is 12.8 Å². The van der Waals surface area contributed by atoms with Gasteiger partial charge in [-0.1, -0.05) is 27.7 Å². The molecule has 0 spiro atoms. The van der Waals surface area contributed by atoms with E-state index in [-0.39, 0.29) is 11.5 Å². The summed E-state index contributed by atoms with van der Waals surface area (Å²) in [6, 6.07) is 3.54. The number of rotatable bonds is 7. The van der Waals surface area contributed by atoms with E-state index in [1.807, 2.05) is 0 Å². The van der Waals surface area contributed by atoms with Gasteiger partial charge in [-0.25, -0.2) is 0 Å². The topological polar surface area (TPSA) is 40.5 Å². The van der Waals surface area contributed by atoms with Gasteiger partial charge in [0.25, 0.3) is 0 Å². The Morgan fingerprint density at radius 3 is 1.91 bits per heavy atom. The zero-order valence-electron chi connectivity index (χ0n) is 14.7. The van der Waals surface area contributed by atoms with Crippen LogP contribution in [0, 0.1) is 10.8 Å². The van der Waals surface area contributed by atoms with E-state index in [9.17, 15) is 10.2 Å². The average Bonchev–Trinajstić information content (AvgIpc) is 3.11. The van der Waals surface area contributed by atoms with E-state index < -0.39 is 0 Å². The van der Waals surface area contributed by atoms with Gasteiger partial charge in [0.1, 0.15) is 0 Å². The molecule has 0 unspecified atom stereocenters. The summed E-state index contributed by atoms with van der Waals surface area (Å²) in [6.07, 6.45) is 9.47. The number of aromatic hydroxyl groups is 2. The number of benzene rings is 1. The van der Waals surface area contributed by atoms with Crippen molar-refractivity contribution in [3.05, 3.63) is 23.3 Å². The SMILES string of the molecule is CC(C)(C)CCCc1cc(O)c(O)cc1CCCC1(C)CC1. The Balaban J connectivity index is 1.97. The summed E-state index contributed by atoms with van der Waals surface area (Å²) in [5.41, 5.74) is 3.36. The molecule has 2 heteroatoms. The van der Waals surface area contributed by atoms with Crippen LogP contribution < -0.4 is 0 Å². The standard InChI is InChI=1S/C20H32O2/c1-19(2,3)9-5-7-15-13-17(21)18(22)14-16(15)8-6-10-20(4)11-12-20/h13-14,21-22H,5-12H2,1-4H3. The zero-order valence-corrected chi connectivity index (χ0v) is 14.7. The first-order valence-corrected chi connectivity index (χ1v) is 8.72. The average molecular weight is 304 g/mol. The first-order chi connectivity index (χ1) is 10.2. The lowest BCUT2D eigenvalue weighted by Gasteiger charge is -2.19. The van der Waals surface area contributed by atoms with E-state index in [0.717, 1.165) is 19.3 Å². The molecule has 0 aromatic heterocycles. The minimum atomic E-state index is 0.0173. The van der Waals surface area contributed by atoms with Crippen molar-refractivity contribution in [1.82, 2.24) is 0 Å². The Kier molecular flexibility index (Phi) is 5.09. The highest BCUT2D eigenvalue weighted by atomic mass is 16.3. The summed E-state index contributed by atoms with van der Waals surface area (Å²) in [7, 11) is 0. The van der Waals surface area contributed by atoms with Gasteiger partial charge < -0.3 is 10.2 Å². The number of hydrogen-bond donors (Lipinski definition) is 2. The Labute approximate surface area is 135 Å². The smallest absolute Gasteiger partial charge is 0.157 e. The third kappa shape index (κ3) is 5.23. The van der Waals surface area contributed by atoms with Crippen molar-refractivity contribution in [3.63, 3.8) is 0 Å². The first kappa shape index (κ1) is 17.2. The molecule has 0 saturated heterocycles. The zero-order chi connectivity index (χ0) is 16.4. The molecule has 0 amide bonds. The van der Waals surface area contributed by atoms with Gasteiger partial charge in [0.15, 0.2) is 11.5 Å². The van der Waals surface area contributed by atoms with Crippen LogP contribution in [0.2, 0.25) is 0 Å². The van der Waals surface area contributed by atoms with Crippen LogP contribution in [-0.4, -0.2) is 10.2 Å². The lowest BCUT2D eigenvalue weighted by molar-refractivity contribution is 0.365. The molecule has 2 rings (SSSR count). The quantitative estimate of drug-likeness (QED) is 0.645. The molecule has 1 aromatic carbocycles. The largest absolute Gasteiger partial charge is 0.504 e. The van der Waals surface area contributed by atoms with Gasteiger partial charge in [0, 0.05) is 0 Å².